The Morgan fingerprint density at radius 2 is 2.05 bits per heavy atom. The zero-order valence-corrected chi connectivity index (χ0v) is 13.6. The number of rotatable bonds is 5. The highest BCUT2D eigenvalue weighted by Gasteiger charge is 2.35. The number of carbonyl (C=O) groups is 1. The van der Waals surface area contributed by atoms with Gasteiger partial charge in [0.1, 0.15) is 0 Å². The lowest BCUT2D eigenvalue weighted by Crippen LogP contribution is -2.39. The molecule has 1 aromatic heterocycles. The summed E-state index contributed by atoms with van der Waals surface area (Å²) in [4.78, 5) is 16.2. The van der Waals surface area contributed by atoms with Gasteiger partial charge in [-0.3, -0.25) is 9.78 Å². The third kappa shape index (κ3) is 3.72. The third-order valence-corrected chi connectivity index (χ3v) is 4.51. The number of amides is 1. The fourth-order valence-electron chi connectivity index (χ4n) is 2.41. The number of hydrogen-bond acceptors (Lipinski definition) is 3. The quantitative estimate of drug-likeness (QED) is 0.882. The van der Waals surface area contributed by atoms with Crippen molar-refractivity contribution in [2.45, 2.75) is 25.6 Å². The summed E-state index contributed by atoms with van der Waals surface area (Å²) in [5.74, 6) is 0.0566. The number of carbonyl (C=O) groups excluding carboxylic acids is 1. The van der Waals surface area contributed by atoms with Crippen molar-refractivity contribution in [3.63, 3.8) is 0 Å². The molecular weight excluding hydrogens is 344 g/mol. The van der Waals surface area contributed by atoms with Crippen LogP contribution in [0.2, 0.25) is 0 Å². The molecule has 5 heteroatoms. The van der Waals surface area contributed by atoms with Crippen molar-refractivity contribution in [3.05, 3.63) is 58.8 Å². The van der Waals surface area contributed by atoms with Crippen molar-refractivity contribution < 1.29 is 9.53 Å². The van der Waals surface area contributed by atoms with Gasteiger partial charge in [0.25, 0.3) is 0 Å². The zero-order chi connectivity index (χ0) is 15.4. The maximum atomic E-state index is 12.2. The van der Waals surface area contributed by atoms with E-state index in [0.717, 1.165) is 22.9 Å². The molecule has 2 aromatic rings. The molecule has 4 nitrogen and oxygen atoms in total. The van der Waals surface area contributed by atoms with E-state index in [-0.39, 0.29) is 17.9 Å². The second kappa shape index (κ2) is 7.03. The number of nitrogens with one attached hydrogen (secondary N) is 1. The molecule has 0 saturated heterocycles. The smallest absolute Gasteiger partial charge is 0.227 e. The minimum atomic E-state index is 0.0212. The number of anilines is 1. The molecule has 1 N–H and O–H groups in total. The molecule has 0 radical (unpaired) electrons. The molecule has 114 valence electrons. The summed E-state index contributed by atoms with van der Waals surface area (Å²) in [5, 5.41) is 2.90. The average Bonchev–Trinajstić information content (AvgIpc) is 2.49. The van der Waals surface area contributed by atoms with E-state index >= 15 is 0 Å². The van der Waals surface area contributed by atoms with Gasteiger partial charge in [-0.1, -0.05) is 30.3 Å². The fraction of sp³-hybridized carbons (Fsp3) is 0.294. The molecule has 0 aliphatic heterocycles. The third-order valence-electron chi connectivity index (χ3n) is 3.82. The molecule has 1 fully saturated rings. The minimum absolute atomic E-state index is 0.0212. The number of halogens is 1. The van der Waals surface area contributed by atoms with Crippen molar-refractivity contribution in [1.82, 2.24) is 4.98 Å². The standard InChI is InChI=1S/C17H17BrN2O2/c18-15-6-7-19-10-16(15)20-17(21)13-8-14(9-13)22-11-12-4-2-1-3-5-12/h1-7,10,13-14H,8-9,11H2,(H,20,21)/t13-,14+. The minimum Gasteiger partial charge on any atom is -0.373 e. The maximum Gasteiger partial charge on any atom is 0.227 e. The Morgan fingerprint density at radius 1 is 1.27 bits per heavy atom. The largest absolute Gasteiger partial charge is 0.373 e. The molecule has 1 saturated carbocycles. The van der Waals surface area contributed by atoms with Crippen LogP contribution in [0.1, 0.15) is 18.4 Å². The summed E-state index contributed by atoms with van der Waals surface area (Å²) in [6, 6.07) is 11.9. The first-order chi connectivity index (χ1) is 10.7. The van der Waals surface area contributed by atoms with Crippen LogP contribution in [-0.2, 0) is 16.1 Å². The van der Waals surface area contributed by atoms with Gasteiger partial charge >= 0.3 is 0 Å². The van der Waals surface area contributed by atoms with Gasteiger partial charge in [-0.05, 0) is 40.4 Å². The second-order valence-corrected chi connectivity index (χ2v) is 6.29. The van der Waals surface area contributed by atoms with Crippen LogP contribution in [0.15, 0.2) is 53.3 Å². The van der Waals surface area contributed by atoms with Gasteiger partial charge in [0.15, 0.2) is 0 Å². The van der Waals surface area contributed by atoms with E-state index in [0.29, 0.717) is 12.3 Å². The van der Waals surface area contributed by atoms with Gasteiger partial charge in [0, 0.05) is 16.6 Å². The Hall–Kier alpha value is -1.72. The molecule has 3 rings (SSSR count). The molecule has 1 amide bonds. The lowest BCUT2D eigenvalue weighted by Gasteiger charge is -2.34. The summed E-state index contributed by atoms with van der Waals surface area (Å²) in [7, 11) is 0. The van der Waals surface area contributed by atoms with Crippen molar-refractivity contribution in [1.29, 1.82) is 0 Å². The molecule has 1 aromatic carbocycles. The van der Waals surface area contributed by atoms with Gasteiger partial charge in [-0.2, -0.15) is 0 Å². The van der Waals surface area contributed by atoms with Crippen LogP contribution in [0.4, 0.5) is 5.69 Å². The van der Waals surface area contributed by atoms with E-state index in [1.807, 2.05) is 36.4 Å². The summed E-state index contributed by atoms with van der Waals surface area (Å²) in [5.41, 5.74) is 1.87. The molecule has 0 spiro atoms. The van der Waals surface area contributed by atoms with E-state index in [9.17, 15) is 4.79 Å². The first kappa shape index (κ1) is 15.2. The number of ether oxygens (including phenoxy) is 1. The van der Waals surface area contributed by atoms with Gasteiger partial charge < -0.3 is 10.1 Å². The highest BCUT2D eigenvalue weighted by atomic mass is 79.9. The first-order valence-corrected chi connectivity index (χ1v) is 8.07. The molecule has 22 heavy (non-hydrogen) atoms. The number of nitrogens with zero attached hydrogens (tertiary/aromatic N) is 1. The van der Waals surface area contributed by atoms with Crippen LogP contribution in [-0.4, -0.2) is 17.0 Å². The number of hydrogen-bond donors (Lipinski definition) is 1. The first-order valence-electron chi connectivity index (χ1n) is 7.28. The van der Waals surface area contributed by atoms with E-state index < -0.39 is 0 Å². The Labute approximate surface area is 138 Å². The molecule has 0 atom stereocenters. The van der Waals surface area contributed by atoms with Crippen molar-refractivity contribution >= 4 is 27.5 Å². The van der Waals surface area contributed by atoms with Crippen molar-refractivity contribution in [2.24, 2.45) is 5.92 Å². The van der Waals surface area contributed by atoms with E-state index in [4.69, 9.17) is 4.74 Å². The van der Waals surface area contributed by atoms with E-state index in [1.165, 1.54) is 0 Å². The van der Waals surface area contributed by atoms with Crippen LogP contribution >= 0.6 is 15.9 Å². The van der Waals surface area contributed by atoms with Crippen molar-refractivity contribution in [3.8, 4) is 0 Å². The molecule has 1 aliphatic rings. The Balaban J connectivity index is 1.43. The fourth-order valence-corrected chi connectivity index (χ4v) is 2.73. The van der Waals surface area contributed by atoms with Crippen LogP contribution in [0.5, 0.6) is 0 Å². The Morgan fingerprint density at radius 3 is 2.77 bits per heavy atom. The normalized spacial score (nSPS) is 20.2. The number of aromatic nitrogens is 1. The molecule has 0 unspecified atom stereocenters. The summed E-state index contributed by atoms with van der Waals surface area (Å²) < 4.78 is 6.66. The van der Waals surface area contributed by atoms with Crippen LogP contribution in [0, 0.1) is 5.92 Å². The van der Waals surface area contributed by atoms with Gasteiger partial charge in [0.2, 0.25) is 5.91 Å². The summed E-state index contributed by atoms with van der Waals surface area (Å²) in [6.07, 6.45) is 5.04. The Kier molecular flexibility index (Phi) is 4.85. The lowest BCUT2D eigenvalue weighted by molar-refractivity contribution is -0.129. The highest BCUT2D eigenvalue weighted by molar-refractivity contribution is 9.10. The van der Waals surface area contributed by atoms with E-state index in [1.54, 1.807) is 12.4 Å². The van der Waals surface area contributed by atoms with Gasteiger partial charge in [-0.15, -0.1) is 0 Å². The second-order valence-electron chi connectivity index (χ2n) is 5.43. The lowest BCUT2D eigenvalue weighted by atomic mass is 9.81. The van der Waals surface area contributed by atoms with E-state index in [2.05, 4.69) is 26.2 Å². The van der Waals surface area contributed by atoms with Gasteiger partial charge in [0.05, 0.1) is 24.6 Å². The van der Waals surface area contributed by atoms with Crippen molar-refractivity contribution in [2.75, 3.05) is 5.32 Å². The topological polar surface area (TPSA) is 51.2 Å². The number of benzene rings is 1. The predicted octanol–water partition coefficient (Wildman–Crippen LogP) is 3.78. The SMILES string of the molecule is O=C(Nc1cnccc1Br)[C@H]1C[C@@H](OCc2ccccc2)C1. The Bertz CT molecular complexity index is 642. The number of pyridine rings is 1. The van der Waals surface area contributed by atoms with Crippen LogP contribution in [0.3, 0.4) is 0 Å². The zero-order valence-electron chi connectivity index (χ0n) is 12.0. The maximum absolute atomic E-state index is 12.2. The monoisotopic (exact) mass is 360 g/mol. The highest BCUT2D eigenvalue weighted by Crippen LogP contribution is 2.32. The van der Waals surface area contributed by atoms with Crippen LogP contribution in [0.25, 0.3) is 0 Å². The predicted molar refractivity (Wildman–Crippen MR) is 88.3 cm³/mol. The molecule has 1 aliphatic carbocycles. The van der Waals surface area contributed by atoms with Crippen LogP contribution < -0.4 is 5.32 Å². The summed E-state index contributed by atoms with van der Waals surface area (Å²) in [6.45, 7) is 0.605. The van der Waals surface area contributed by atoms with Gasteiger partial charge in [-0.25, -0.2) is 0 Å². The molecule has 0 bridgehead atoms. The molecular formula is C17H17BrN2O2. The average molecular weight is 361 g/mol. The summed E-state index contributed by atoms with van der Waals surface area (Å²) >= 11 is 3.40. The molecule has 1 heterocycles.